The van der Waals surface area contributed by atoms with Gasteiger partial charge in [-0.25, -0.2) is 9.97 Å². The third kappa shape index (κ3) is 4.06. The monoisotopic (exact) mass is 333 g/mol. The normalized spacial score (nSPS) is 9.88. The van der Waals surface area contributed by atoms with Crippen LogP contribution in [0.15, 0.2) is 54.9 Å². The van der Waals surface area contributed by atoms with Gasteiger partial charge in [-0.15, -0.1) is 11.3 Å². The maximum Gasteiger partial charge on any atom is 0.267 e. The summed E-state index contributed by atoms with van der Waals surface area (Å²) in [6.45, 7) is 2.02. The molecular weight excluding hydrogens is 318 g/mol. The second kappa shape index (κ2) is 7.53. The standard InChI is InChI=1S/C19H15N3OS/c1-2-18-21-13-17(24-18)19(23)22-16-8-5-6-14(12-16)9-10-15-7-3-4-11-20-15/h3-8,11-13H,2H2,1H3,(H,22,23). The number of anilines is 1. The average molecular weight is 333 g/mol. The topological polar surface area (TPSA) is 54.9 Å². The van der Waals surface area contributed by atoms with Crippen LogP contribution in [0.4, 0.5) is 5.69 Å². The number of nitrogens with zero attached hydrogens (tertiary/aromatic N) is 2. The second-order valence-corrected chi connectivity index (χ2v) is 6.09. The Hall–Kier alpha value is -2.97. The lowest BCUT2D eigenvalue weighted by Gasteiger charge is -2.03. The van der Waals surface area contributed by atoms with Crippen molar-refractivity contribution in [2.45, 2.75) is 13.3 Å². The number of amides is 1. The van der Waals surface area contributed by atoms with Gasteiger partial charge in [-0.05, 0) is 42.7 Å². The number of aromatic nitrogens is 2. The van der Waals surface area contributed by atoms with Crippen molar-refractivity contribution in [3.8, 4) is 11.8 Å². The Morgan fingerprint density at radius 2 is 2.08 bits per heavy atom. The Kier molecular flexibility index (Phi) is 4.99. The number of benzene rings is 1. The smallest absolute Gasteiger partial charge is 0.267 e. The first-order chi connectivity index (χ1) is 11.7. The summed E-state index contributed by atoms with van der Waals surface area (Å²) in [5.74, 6) is 5.91. The molecule has 2 aromatic heterocycles. The molecular formula is C19H15N3OS. The predicted molar refractivity (Wildman–Crippen MR) is 96.1 cm³/mol. The molecule has 4 nitrogen and oxygen atoms in total. The first-order valence-corrected chi connectivity index (χ1v) is 8.35. The maximum absolute atomic E-state index is 12.2. The van der Waals surface area contributed by atoms with Gasteiger partial charge < -0.3 is 5.32 Å². The minimum Gasteiger partial charge on any atom is -0.321 e. The van der Waals surface area contributed by atoms with E-state index in [1.54, 1.807) is 12.4 Å². The summed E-state index contributed by atoms with van der Waals surface area (Å²) in [6, 6.07) is 13.0. The number of thiazole rings is 1. The average Bonchev–Trinajstić information content (AvgIpc) is 3.11. The molecule has 0 saturated carbocycles. The van der Waals surface area contributed by atoms with Crippen molar-refractivity contribution in [2.75, 3.05) is 5.32 Å². The first-order valence-electron chi connectivity index (χ1n) is 7.54. The van der Waals surface area contributed by atoms with Crippen LogP contribution in [0.1, 0.15) is 32.9 Å². The van der Waals surface area contributed by atoms with Crippen LogP contribution < -0.4 is 5.32 Å². The van der Waals surface area contributed by atoms with Crippen molar-refractivity contribution in [3.05, 3.63) is 76.0 Å². The van der Waals surface area contributed by atoms with E-state index in [0.29, 0.717) is 16.3 Å². The number of aryl methyl sites for hydroxylation is 1. The van der Waals surface area contributed by atoms with E-state index < -0.39 is 0 Å². The largest absolute Gasteiger partial charge is 0.321 e. The van der Waals surface area contributed by atoms with E-state index in [4.69, 9.17) is 0 Å². The van der Waals surface area contributed by atoms with Gasteiger partial charge in [0.2, 0.25) is 0 Å². The van der Waals surface area contributed by atoms with Crippen LogP contribution in [-0.2, 0) is 6.42 Å². The summed E-state index contributed by atoms with van der Waals surface area (Å²) in [5.41, 5.74) is 2.24. The Morgan fingerprint density at radius 3 is 2.83 bits per heavy atom. The van der Waals surface area contributed by atoms with E-state index in [1.165, 1.54) is 11.3 Å². The summed E-state index contributed by atoms with van der Waals surface area (Å²) in [6.07, 6.45) is 4.15. The van der Waals surface area contributed by atoms with Crippen LogP contribution in [-0.4, -0.2) is 15.9 Å². The van der Waals surface area contributed by atoms with Crippen molar-refractivity contribution < 1.29 is 4.79 Å². The Labute approximate surface area is 144 Å². The Bertz CT molecular complexity index is 907. The van der Waals surface area contributed by atoms with E-state index >= 15 is 0 Å². The molecule has 0 unspecified atom stereocenters. The number of nitrogens with one attached hydrogen (secondary N) is 1. The molecule has 0 aliphatic carbocycles. The number of hydrogen-bond acceptors (Lipinski definition) is 4. The molecule has 118 valence electrons. The van der Waals surface area contributed by atoms with Gasteiger partial charge in [-0.2, -0.15) is 0 Å². The fraction of sp³-hybridized carbons (Fsp3) is 0.105. The molecule has 1 amide bonds. The first kappa shape index (κ1) is 15.9. The molecule has 0 aliphatic rings. The SMILES string of the molecule is CCc1ncc(C(=O)Nc2cccc(C#Cc3ccccn3)c2)s1. The van der Waals surface area contributed by atoms with E-state index in [-0.39, 0.29) is 5.91 Å². The second-order valence-electron chi connectivity index (χ2n) is 4.97. The summed E-state index contributed by atoms with van der Waals surface area (Å²) in [7, 11) is 0. The van der Waals surface area contributed by atoms with Crippen LogP contribution in [0, 0.1) is 11.8 Å². The highest BCUT2D eigenvalue weighted by Gasteiger charge is 2.10. The van der Waals surface area contributed by atoms with E-state index in [9.17, 15) is 4.79 Å². The molecule has 0 aliphatic heterocycles. The highest BCUT2D eigenvalue weighted by atomic mass is 32.1. The molecule has 0 spiro atoms. The van der Waals surface area contributed by atoms with Gasteiger partial charge in [-0.3, -0.25) is 4.79 Å². The number of hydrogen-bond donors (Lipinski definition) is 1. The molecule has 2 heterocycles. The fourth-order valence-electron chi connectivity index (χ4n) is 2.02. The lowest BCUT2D eigenvalue weighted by molar-refractivity contribution is 0.103. The Balaban J connectivity index is 1.73. The zero-order valence-electron chi connectivity index (χ0n) is 13.1. The van der Waals surface area contributed by atoms with Gasteiger partial charge in [-0.1, -0.05) is 25.0 Å². The summed E-state index contributed by atoms with van der Waals surface area (Å²) >= 11 is 1.41. The van der Waals surface area contributed by atoms with Gasteiger partial charge in [0.05, 0.1) is 11.2 Å². The minimum atomic E-state index is -0.151. The van der Waals surface area contributed by atoms with E-state index in [1.807, 2.05) is 49.4 Å². The molecule has 1 aromatic carbocycles. The summed E-state index contributed by atoms with van der Waals surface area (Å²) in [5, 5.41) is 3.84. The molecule has 1 N–H and O–H groups in total. The van der Waals surface area contributed by atoms with Crippen molar-refractivity contribution in [2.24, 2.45) is 0 Å². The van der Waals surface area contributed by atoms with Gasteiger partial charge in [0.1, 0.15) is 10.6 Å². The predicted octanol–water partition coefficient (Wildman–Crippen LogP) is 3.75. The molecule has 24 heavy (non-hydrogen) atoms. The van der Waals surface area contributed by atoms with Gasteiger partial charge in [0.25, 0.3) is 5.91 Å². The summed E-state index contributed by atoms with van der Waals surface area (Å²) < 4.78 is 0. The van der Waals surface area contributed by atoms with Crippen molar-refractivity contribution in [1.82, 2.24) is 9.97 Å². The van der Waals surface area contributed by atoms with Crippen molar-refractivity contribution >= 4 is 22.9 Å². The third-order valence-electron chi connectivity index (χ3n) is 3.20. The lowest BCUT2D eigenvalue weighted by Crippen LogP contribution is -2.10. The van der Waals surface area contributed by atoms with Crippen LogP contribution >= 0.6 is 11.3 Å². The van der Waals surface area contributed by atoms with E-state index in [2.05, 4.69) is 27.1 Å². The molecule has 5 heteroatoms. The fourth-order valence-corrected chi connectivity index (χ4v) is 2.77. The van der Waals surface area contributed by atoms with E-state index in [0.717, 1.165) is 17.0 Å². The van der Waals surface area contributed by atoms with Crippen molar-refractivity contribution in [1.29, 1.82) is 0 Å². The third-order valence-corrected chi connectivity index (χ3v) is 4.34. The number of pyridine rings is 1. The Morgan fingerprint density at radius 1 is 1.17 bits per heavy atom. The zero-order chi connectivity index (χ0) is 16.8. The van der Waals surface area contributed by atoms with Gasteiger partial charge >= 0.3 is 0 Å². The number of rotatable bonds is 3. The quantitative estimate of drug-likeness (QED) is 0.743. The van der Waals surface area contributed by atoms with Gasteiger partial charge in [0.15, 0.2) is 0 Å². The highest BCUT2D eigenvalue weighted by Crippen LogP contribution is 2.16. The van der Waals surface area contributed by atoms with Crippen LogP contribution in [0.5, 0.6) is 0 Å². The molecule has 3 aromatic rings. The lowest BCUT2D eigenvalue weighted by atomic mass is 10.2. The minimum absolute atomic E-state index is 0.151. The van der Waals surface area contributed by atoms with Crippen LogP contribution in [0.25, 0.3) is 0 Å². The van der Waals surface area contributed by atoms with Gasteiger partial charge in [0, 0.05) is 17.4 Å². The molecule has 3 rings (SSSR count). The number of carbonyl (C=O) groups is 1. The molecule has 0 fully saturated rings. The molecule has 0 radical (unpaired) electrons. The molecule has 0 bridgehead atoms. The number of carbonyl (C=O) groups excluding carboxylic acids is 1. The van der Waals surface area contributed by atoms with Crippen LogP contribution in [0.2, 0.25) is 0 Å². The highest BCUT2D eigenvalue weighted by molar-refractivity contribution is 7.13. The summed E-state index contributed by atoms with van der Waals surface area (Å²) in [4.78, 5) is 21.2. The molecule has 0 saturated heterocycles. The molecule has 0 atom stereocenters. The maximum atomic E-state index is 12.2. The zero-order valence-corrected chi connectivity index (χ0v) is 13.9. The van der Waals surface area contributed by atoms with Crippen LogP contribution in [0.3, 0.4) is 0 Å². The van der Waals surface area contributed by atoms with Crippen molar-refractivity contribution in [3.63, 3.8) is 0 Å².